The maximum Gasteiger partial charge on any atom is 0.219 e. The van der Waals surface area contributed by atoms with Crippen LogP contribution in [0.25, 0.3) is 0 Å². The van der Waals surface area contributed by atoms with Crippen LogP contribution in [0.2, 0.25) is 0 Å². The van der Waals surface area contributed by atoms with E-state index >= 15 is 0 Å². The molecule has 126 valence electrons. The van der Waals surface area contributed by atoms with E-state index in [4.69, 9.17) is 4.98 Å². The lowest BCUT2D eigenvalue weighted by Crippen LogP contribution is -2.45. The van der Waals surface area contributed by atoms with E-state index in [1.165, 1.54) is 12.1 Å². The molecule has 1 aromatic rings. The standard InChI is InChI=1S/C18H28N4O/c1-13-10-16(19-3)11-18(20-13)15-4-7-22(12-15)17-5-8-21(9-6-17)14(2)23/h10-11,15,17H,4-9,12H2,1-3H3,(H,19,20). The molecule has 0 spiro atoms. The molecule has 5 nitrogen and oxygen atoms in total. The highest BCUT2D eigenvalue weighted by molar-refractivity contribution is 5.73. The molecule has 2 aliphatic rings. The summed E-state index contributed by atoms with van der Waals surface area (Å²) in [7, 11) is 1.96. The van der Waals surface area contributed by atoms with E-state index in [0.717, 1.165) is 50.4 Å². The van der Waals surface area contributed by atoms with E-state index < -0.39 is 0 Å². The molecule has 0 aliphatic carbocycles. The number of amides is 1. The molecule has 2 fully saturated rings. The number of likely N-dealkylation sites (tertiary alicyclic amines) is 2. The minimum atomic E-state index is 0.214. The Morgan fingerprint density at radius 3 is 2.61 bits per heavy atom. The van der Waals surface area contributed by atoms with Crippen LogP contribution in [0.5, 0.6) is 0 Å². The number of carbonyl (C=O) groups excluding carboxylic acids is 1. The van der Waals surface area contributed by atoms with Gasteiger partial charge in [-0.05, 0) is 44.9 Å². The number of anilines is 1. The van der Waals surface area contributed by atoms with Gasteiger partial charge in [-0.3, -0.25) is 14.7 Å². The Kier molecular flexibility index (Phi) is 4.85. The molecule has 2 saturated heterocycles. The summed E-state index contributed by atoms with van der Waals surface area (Å²) in [5, 5.41) is 3.23. The Bertz CT molecular complexity index is 566. The summed E-state index contributed by atoms with van der Waals surface area (Å²) in [5.41, 5.74) is 3.46. The summed E-state index contributed by atoms with van der Waals surface area (Å²) in [6, 6.07) is 4.91. The Hall–Kier alpha value is -1.62. The van der Waals surface area contributed by atoms with Crippen LogP contribution in [-0.2, 0) is 4.79 Å². The highest BCUT2D eigenvalue weighted by Crippen LogP contribution is 2.31. The first kappa shape index (κ1) is 16.2. The normalized spacial score (nSPS) is 23.3. The second kappa shape index (κ2) is 6.87. The number of nitrogens with one attached hydrogen (secondary N) is 1. The van der Waals surface area contributed by atoms with Crippen LogP contribution in [0, 0.1) is 6.92 Å². The van der Waals surface area contributed by atoms with Gasteiger partial charge < -0.3 is 10.2 Å². The third-order valence-corrected chi connectivity index (χ3v) is 5.33. The van der Waals surface area contributed by atoms with Gasteiger partial charge in [-0.1, -0.05) is 0 Å². The first-order valence-electron chi connectivity index (χ1n) is 8.72. The molecule has 1 unspecified atom stereocenters. The molecular weight excluding hydrogens is 288 g/mol. The third kappa shape index (κ3) is 3.66. The molecule has 0 saturated carbocycles. The van der Waals surface area contributed by atoms with Gasteiger partial charge in [-0.25, -0.2) is 0 Å². The van der Waals surface area contributed by atoms with Crippen LogP contribution in [0.4, 0.5) is 5.69 Å². The van der Waals surface area contributed by atoms with Crippen molar-refractivity contribution in [1.82, 2.24) is 14.8 Å². The van der Waals surface area contributed by atoms with Crippen LogP contribution in [0.1, 0.15) is 43.5 Å². The van der Waals surface area contributed by atoms with Gasteiger partial charge in [0.05, 0.1) is 0 Å². The Labute approximate surface area is 139 Å². The van der Waals surface area contributed by atoms with Crippen LogP contribution >= 0.6 is 0 Å². The maximum atomic E-state index is 11.5. The average Bonchev–Trinajstić information content (AvgIpc) is 3.04. The smallest absolute Gasteiger partial charge is 0.219 e. The van der Waals surface area contributed by atoms with Crippen molar-refractivity contribution >= 4 is 11.6 Å². The molecular formula is C18H28N4O. The van der Waals surface area contributed by atoms with Gasteiger partial charge in [-0.15, -0.1) is 0 Å². The molecule has 0 aromatic carbocycles. The molecule has 1 N–H and O–H groups in total. The molecule has 3 heterocycles. The monoisotopic (exact) mass is 316 g/mol. The number of hydrogen-bond acceptors (Lipinski definition) is 4. The quantitative estimate of drug-likeness (QED) is 0.929. The lowest BCUT2D eigenvalue weighted by atomic mass is 10.0. The fourth-order valence-electron chi connectivity index (χ4n) is 3.95. The number of aryl methyl sites for hydroxylation is 1. The first-order valence-corrected chi connectivity index (χ1v) is 8.72. The van der Waals surface area contributed by atoms with E-state index in [-0.39, 0.29) is 5.91 Å². The minimum Gasteiger partial charge on any atom is -0.388 e. The lowest BCUT2D eigenvalue weighted by Gasteiger charge is -2.36. The Morgan fingerprint density at radius 2 is 1.96 bits per heavy atom. The van der Waals surface area contributed by atoms with Gasteiger partial charge in [-0.2, -0.15) is 0 Å². The van der Waals surface area contributed by atoms with Crippen LogP contribution < -0.4 is 5.32 Å². The predicted molar refractivity (Wildman–Crippen MR) is 92.7 cm³/mol. The summed E-state index contributed by atoms with van der Waals surface area (Å²) in [4.78, 5) is 20.8. The summed E-state index contributed by atoms with van der Waals surface area (Å²) in [6.45, 7) is 7.81. The van der Waals surface area contributed by atoms with E-state index in [1.807, 2.05) is 11.9 Å². The predicted octanol–water partition coefficient (Wildman–Crippen LogP) is 2.23. The van der Waals surface area contributed by atoms with Gasteiger partial charge in [0.25, 0.3) is 0 Å². The molecule has 1 atom stereocenters. The summed E-state index contributed by atoms with van der Waals surface area (Å²) >= 11 is 0. The number of piperidine rings is 1. The van der Waals surface area contributed by atoms with Crippen LogP contribution in [-0.4, -0.2) is 60.0 Å². The summed E-state index contributed by atoms with van der Waals surface area (Å²) in [6.07, 6.45) is 3.40. The second-order valence-electron chi connectivity index (χ2n) is 6.89. The van der Waals surface area contributed by atoms with Crippen molar-refractivity contribution in [2.75, 3.05) is 38.5 Å². The number of hydrogen-bond donors (Lipinski definition) is 1. The molecule has 1 amide bonds. The fraction of sp³-hybridized carbons (Fsp3) is 0.667. The van der Waals surface area contributed by atoms with Gasteiger partial charge >= 0.3 is 0 Å². The molecule has 0 bridgehead atoms. The zero-order valence-electron chi connectivity index (χ0n) is 14.5. The number of pyridine rings is 1. The zero-order chi connectivity index (χ0) is 16.4. The third-order valence-electron chi connectivity index (χ3n) is 5.33. The Balaban J connectivity index is 1.61. The number of carbonyl (C=O) groups is 1. The van der Waals surface area contributed by atoms with Gasteiger partial charge in [0, 0.05) is 62.6 Å². The van der Waals surface area contributed by atoms with Crippen LogP contribution in [0.3, 0.4) is 0 Å². The van der Waals surface area contributed by atoms with Crippen molar-refractivity contribution in [1.29, 1.82) is 0 Å². The number of rotatable bonds is 3. The lowest BCUT2D eigenvalue weighted by molar-refractivity contribution is -0.130. The molecule has 5 heteroatoms. The summed E-state index contributed by atoms with van der Waals surface area (Å²) in [5.74, 6) is 0.749. The minimum absolute atomic E-state index is 0.214. The molecule has 23 heavy (non-hydrogen) atoms. The van der Waals surface area contributed by atoms with Gasteiger partial charge in [0.15, 0.2) is 0 Å². The van der Waals surface area contributed by atoms with E-state index in [1.54, 1.807) is 6.92 Å². The molecule has 0 radical (unpaired) electrons. The van der Waals surface area contributed by atoms with Crippen molar-refractivity contribution < 1.29 is 4.79 Å². The topological polar surface area (TPSA) is 48.5 Å². The highest BCUT2D eigenvalue weighted by Gasteiger charge is 2.32. The van der Waals surface area contributed by atoms with Crippen molar-refractivity contribution in [3.8, 4) is 0 Å². The molecule has 3 rings (SSSR count). The van der Waals surface area contributed by atoms with Crippen LogP contribution in [0.15, 0.2) is 12.1 Å². The van der Waals surface area contributed by atoms with Crippen molar-refractivity contribution in [3.63, 3.8) is 0 Å². The van der Waals surface area contributed by atoms with Crippen molar-refractivity contribution in [2.45, 2.75) is 45.1 Å². The van der Waals surface area contributed by atoms with Gasteiger partial charge in [0.1, 0.15) is 0 Å². The molecule has 1 aromatic heterocycles. The van der Waals surface area contributed by atoms with E-state index in [2.05, 4.69) is 29.3 Å². The van der Waals surface area contributed by atoms with Gasteiger partial charge in [0.2, 0.25) is 5.91 Å². The largest absolute Gasteiger partial charge is 0.388 e. The number of nitrogens with zero attached hydrogens (tertiary/aromatic N) is 3. The maximum absolute atomic E-state index is 11.5. The second-order valence-corrected chi connectivity index (χ2v) is 6.89. The zero-order valence-corrected chi connectivity index (χ0v) is 14.5. The van der Waals surface area contributed by atoms with E-state index in [9.17, 15) is 4.79 Å². The van der Waals surface area contributed by atoms with E-state index in [0.29, 0.717) is 12.0 Å². The molecule has 2 aliphatic heterocycles. The number of aromatic nitrogens is 1. The fourth-order valence-corrected chi connectivity index (χ4v) is 3.95. The summed E-state index contributed by atoms with van der Waals surface area (Å²) < 4.78 is 0. The SMILES string of the molecule is CNc1cc(C)nc(C2CCN(C3CCN(C(C)=O)CC3)C2)c1. The average molecular weight is 316 g/mol. The van der Waals surface area contributed by atoms with Crippen molar-refractivity contribution in [3.05, 3.63) is 23.5 Å². The first-order chi connectivity index (χ1) is 11.1. The Morgan fingerprint density at radius 1 is 1.22 bits per heavy atom. The van der Waals surface area contributed by atoms with Crippen molar-refractivity contribution in [2.24, 2.45) is 0 Å². The highest BCUT2D eigenvalue weighted by atomic mass is 16.2.